The van der Waals surface area contributed by atoms with Crippen LogP contribution < -0.4 is 4.90 Å². The molecule has 20 heavy (non-hydrogen) atoms. The van der Waals surface area contributed by atoms with Crippen molar-refractivity contribution in [2.75, 3.05) is 4.90 Å². The van der Waals surface area contributed by atoms with Gasteiger partial charge in [-0.1, -0.05) is 27.6 Å². The minimum atomic E-state index is -0.172. The first-order chi connectivity index (χ1) is 9.49. The second kappa shape index (κ2) is 4.85. The Labute approximate surface area is 126 Å². The lowest BCUT2D eigenvalue weighted by Gasteiger charge is -2.19. The maximum Gasteiger partial charge on any atom is 0.238 e. The van der Waals surface area contributed by atoms with Crippen LogP contribution in [0.1, 0.15) is 25.3 Å². The molecule has 0 N–H and O–H groups in total. The number of hydrogen-bond acceptors (Lipinski definition) is 2. The first-order valence-electron chi connectivity index (χ1n) is 6.78. The second-order valence-corrected chi connectivity index (χ2v) is 6.56. The molecule has 1 aliphatic carbocycles. The predicted molar refractivity (Wildman–Crippen MR) is 81.3 cm³/mol. The Kier molecular flexibility index (Phi) is 3.28. The Morgan fingerprint density at radius 3 is 2.55 bits per heavy atom. The van der Waals surface area contributed by atoms with E-state index in [-0.39, 0.29) is 23.7 Å². The van der Waals surface area contributed by atoms with Crippen molar-refractivity contribution in [3.63, 3.8) is 0 Å². The van der Waals surface area contributed by atoms with Crippen LogP contribution in [0.25, 0.3) is 0 Å². The molecule has 1 aliphatic heterocycles. The number of carbonyl (C=O) groups is 2. The lowest BCUT2D eigenvalue weighted by atomic mass is 9.82. The summed E-state index contributed by atoms with van der Waals surface area (Å²) in [5.41, 5.74) is 2.86. The number of benzene rings is 1. The molecule has 4 heteroatoms. The van der Waals surface area contributed by atoms with E-state index in [0.29, 0.717) is 12.8 Å². The van der Waals surface area contributed by atoms with Crippen molar-refractivity contribution in [1.82, 2.24) is 0 Å². The van der Waals surface area contributed by atoms with Crippen LogP contribution in [-0.2, 0) is 9.59 Å². The van der Waals surface area contributed by atoms with Gasteiger partial charge in [0.15, 0.2) is 0 Å². The van der Waals surface area contributed by atoms with Crippen molar-refractivity contribution in [1.29, 1.82) is 0 Å². The van der Waals surface area contributed by atoms with E-state index in [1.54, 1.807) is 0 Å². The molecule has 3 rings (SSSR count). The zero-order valence-electron chi connectivity index (χ0n) is 11.5. The molecule has 0 radical (unpaired) electrons. The first kappa shape index (κ1) is 13.6. The van der Waals surface area contributed by atoms with Gasteiger partial charge in [-0.15, -0.1) is 0 Å². The number of nitrogens with zero attached hydrogens (tertiary/aromatic N) is 1. The molecule has 2 atom stereocenters. The number of allylic oxidation sites excluding steroid dienone is 2. The van der Waals surface area contributed by atoms with Gasteiger partial charge in [-0.2, -0.15) is 0 Å². The van der Waals surface area contributed by atoms with Gasteiger partial charge in [0.2, 0.25) is 11.8 Å². The van der Waals surface area contributed by atoms with E-state index in [2.05, 4.69) is 22.0 Å². The average molecular weight is 334 g/mol. The standard InChI is InChI=1S/C16H16BrNO2/c1-9-3-5-12-13(7-9)16(20)18(15(12)19)14-6-4-11(17)8-10(14)2/h3-4,6,8,12-13H,5,7H2,1-2H3/t12-,13+/m0/s1. The highest BCUT2D eigenvalue weighted by molar-refractivity contribution is 9.10. The molecule has 0 unspecified atom stereocenters. The number of hydrogen-bond donors (Lipinski definition) is 0. The Morgan fingerprint density at radius 2 is 1.85 bits per heavy atom. The molecule has 2 amide bonds. The van der Waals surface area contributed by atoms with Crippen LogP contribution in [0.4, 0.5) is 5.69 Å². The highest BCUT2D eigenvalue weighted by atomic mass is 79.9. The fourth-order valence-electron chi connectivity index (χ4n) is 3.14. The minimum Gasteiger partial charge on any atom is -0.274 e. The SMILES string of the molecule is CC1=CC[C@@H]2C(=O)N(c3ccc(Br)cc3C)C(=O)[C@@H]2C1. The Morgan fingerprint density at radius 1 is 1.15 bits per heavy atom. The van der Waals surface area contributed by atoms with E-state index >= 15 is 0 Å². The highest BCUT2D eigenvalue weighted by Gasteiger charge is 2.48. The topological polar surface area (TPSA) is 37.4 Å². The maximum atomic E-state index is 12.6. The summed E-state index contributed by atoms with van der Waals surface area (Å²) in [6.45, 7) is 3.95. The van der Waals surface area contributed by atoms with E-state index in [1.165, 1.54) is 10.5 Å². The summed E-state index contributed by atoms with van der Waals surface area (Å²) < 4.78 is 0.952. The van der Waals surface area contributed by atoms with Crippen molar-refractivity contribution in [3.8, 4) is 0 Å². The summed E-state index contributed by atoms with van der Waals surface area (Å²) in [4.78, 5) is 26.6. The third-order valence-corrected chi connectivity index (χ3v) is 4.72. The van der Waals surface area contributed by atoms with Crippen molar-refractivity contribution in [2.45, 2.75) is 26.7 Å². The number of amides is 2. The summed E-state index contributed by atoms with van der Waals surface area (Å²) in [6.07, 6.45) is 3.48. The van der Waals surface area contributed by atoms with Crippen LogP contribution in [-0.4, -0.2) is 11.8 Å². The molecular formula is C16H16BrNO2. The lowest BCUT2D eigenvalue weighted by Crippen LogP contribution is -2.31. The van der Waals surface area contributed by atoms with E-state index in [0.717, 1.165) is 15.7 Å². The Bertz CT molecular complexity index is 635. The number of anilines is 1. The first-order valence-corrected chi connectivity index (χ1v) is 7.58. The maximum absolute atomic E-state index is 12.6. The molecule has 0 bridgehead atoms. The molecule has 0 aromatic heterocycles. The van der Waals surface area contributed by atoms with Crippen LogP contribution in [0.3, 0.4) is 0 Å². The van der Waals surface area contributed by atoms with Gasteiger partial charge in [-0.3, -0.25) is 9.59 Å². The normalized spacial score (nSPS) is 25.8. The predicted octanol–water partition coefficient (Wildman–Crippen LogP) is 3.60. The zero-order chi connectivity index (χ0) is 14.4. The summed E-state index contributed by atoms with van der Waals surface area (Å²) >= 11 is 3.41. The van der Waals surface area contributed by atoms with Crippen molar-refractivity contribution in [2.24, 2.45) is 11.8 Å². The average Bonchev–Trinajstić information content (AvgIpc) is 2.63. The van der Waals surface area contributed by atoms with Crippen molar-refractivity contribution < 1.29 is 9.59 Å². The monoisotopic (exact) mass is 333 g/mol. The van der Waals surface area contributed by atoms with Gasteiger partial charge in [0.1, 0.15) is 0 Å². The van der Waals surface area contributed by atoms with E-state index in [4.69, 9.17) is 0 Å². The van der Waals surface area contributed by atoms with Gasteiger partial charge < -0.3 is 0 Å². The minimum absolute atomic E-state index is 0.0436. The number of aryl methyl sites for hydroxylation is 1. The van der Waals surface area contributed by atoms with Crippen molar-refractivity contribution in [3.05, 3.63) is 39.9 Å². The molecule has 1 fully saturated rings. The van der Waals surface area contributed by atoms with E-state index < -0.39 is 0 Å². The highest BCUT2D eigenvalue weighted by Crippen LogP contribution is 2.40. The molecule has 1 heterocycles. The summed E-state index contributed by atoms with van der Waals surface area (Å²) in [7, 11) is 0. The van der Waals surface area contributed by atoms with Crippen LogP contribution >= 0.6 is 15.9 Å². The van der Waals surface area contributed by atoms with Crippen LogP contribution in [0, 0.1) is 18.8 Å². The number of rotatable bonds is 1. The lowest BCUT2D eigenvalue weighted by molar-refractivity contribution is -0.122. The zero-order valence-corrected chi connectivity index (χ0v) is 13.1. The molecule has 3 nitrogen and oxygen atoms in total. The Hall–Kier alpha value is -1.42. The van der Waals surface area contributed by atoms with E-state index in [1.807, 2.05) is 32.0 Å². The van der Waals surface area contributed by atoms with Gasteiger partial charge in [0, 0.05) is 4.47 Å². The molecule has 2 aliphatic rings. The van der Waals surface area contributed by atoms with Crippen LogP contribution in [0.5, 0.6) is 0 Å². The molecule has 0 spiro atoms. The number of imide groups is 1. The molecule has 104 valence electrons. The smallest absolute Gasteiger partial charge is 0.238 e. The number of fused-ring (bicyclic) bond motifs is 1. The fraction of sp³-hybridized carbons (Fsp3) is 0.375. The van der Waals surface area contributed by atoms with Gasteiger partial charge in [-0.05, 0) is 50.5 Å². The molecular weight excluding hydrogens is 318 g/mol. The molecule has 1 saturated heterocycles. The molecule has 1 aromatic carbocycles. The quantitative estimate of drug-likeness (QED) is 0.581. The van der Waals surface area contributed by atoms with Crippen molar-refractivity contribution >= 4 is 33.4 Å². The fourth-order valence-corrected chi connectivity index (χ4v) is 3.62. The van der Waals surface area contributed by atoms with Crippen LogP contribution in [0.2, 0.25) is 0 Å². The summed E-state index contributed by atoms with van der Waals surface area (Å²) in [6, 6.07) is 5.64. The van der Waals surface area contributed by atoms with Gasteiger partial charge in [0.05, 0.1) is 17.5 Å². The third-order valence-electron chi connectivity index (χ3n) is 4.22. The van der Waals surface area contributed by atoms with E-state index in [9.17, 15) is 9.59 Å². The van der Waals surface area contributed by atoms with Gasteiger partial charge >= 0.3 is 0 Å². The molecule has 0 saturated carbocycles. The summed E-state index contributed by atoms with van der Waals surface area (Å²) in [5, 5.41) is 0. The number of carbonyl (C=O) groups excluding carboxylic acids is 2. The third kappa shape index (κ3) is 2.03. The van der Waals surface area contributed by atoms with Crippen LogP contribution in [0.15, 0.2) is 34.3 Å². The largest absolute Gasteiger partial charge is 0.274 e. The Balaban J connectivity index is 2.00. The second-order valence-electron chi connectivity index (χ2n) is 5.65. The molecule has 1 aromatic rings. The summed E-state index contributed by atoms with van der Waals surface area (Å²) in [5.74, 6) is -0.433. The van der Waals surface area contributed by atoms with Gasteiger partial charge in [0.25, 0.3) is 0 Å². The van der Waals surface area contributed by atoms with Gasteiger partial charge in [-0.25, -0.2) is 4.90 Å². The number of halogens is 1.